The molecule has 0 aliphatic rings. The van der Waals surface area contributed by atoms with E-state index < -0.39 is 5.82 Å². The van der Waals surface area contributed by atoms with E-state index in [2.05, 4.69) is 5.32 Å². The lowest BCUT2D eigenvalue weighted by atomic mass is 10.2. The first-order chi connectivity index (χ1) is 10.7. The van der Waals surface area contributed by atoms with Crippen molar-refractivity contribution >= 4 is 17.7 Å². The van der Waals surface area contributed by atoms with Crippen molar-refractivity contribution in [2.75, 3.05) is 19.2 Å². The Hall–Kier alpha value is -2.66. The first-order valence-corrected chi connectivity index (χ1v) is 6.64. The fourth-order valence-corrected chi connectivity index (χ4v) is 1.72. The molecule has 0 radical (unpaired) electrons. The number of ether oxygens (including phenoxy) is 2. The maximum absolute atomic E-state index is 13.0. The molecule has 0 aromatic heterocycles. The molecule has 4 nitrogen and oxygen atoms in total. The standard InChI is InChI=1S/C17H16FNO3/c1-21-12-22-16-8-5-13(6-9-16)7-10-17(20)19-15-4-2-3-14(18)11-15/h2-11H,12H2,1H3,(H,19,20)/b10-7+. The number of rotatable bonds is 6. The van der Waals surface area contributed by atoms with E-state index in [1.807, 2.05) is 12.1 Å². The van der Waals surface area contributed by atoms with Gasteiger partial charge in [0.2, 0.25) is 5.91 Å². The second-order valence-corrected chi connectivity index (χ2v) is 4.45. The van der Waals surface area contributed by atoms with E-state index >= 15 is 0 Å². The fourth-order valence-electron chi connectivity index (χ4n) is 1.72. The maximum Gasteiger partial charge on any atom is 0.248 e. The van der Waals surface area contributed by atoms with Gasteiger partial charge in [-0.1, -0.05) is 18.2 Å². The number of methoxy groups -OCH3 is 1. The molecule has 114 valence electrons. The van der Waals surface area contributed by atoms with Crippen LogP contribution in [0, 0.1) is 5.82 Å². The van der Waals surface area contributed by atoms with E-state index in [1.54, 1.807) is 31.4 Å². The zero-order valence-electron chi connectivity index (χ0n) is 12.1. The quantitative estimate of drug-likeness (QED) is 0.656. The molecule has 1 amide bonds. The molecule has 0 spiro atoms. The van der Waals surface area contributed by atoms with Gasteiger partial charge in [0, 0.05) is 18.9 Å². The molecule has 0 unspecified atom stereocenters. The Morgan fingerprint density at radius 1 is 1.23 bits per heavy atom. The van der Waals surface area contributed by atoms with Gasteiger partial charge in [0.15, 0.2) is 6.79 Å². The zero-order chi connectivity index (χ0) is 15.8. The minimum atomic E-state index is -0.395. The molecule has 0 saturated heterocycles. The number of anilines is 1. The van der Waals surface area contributed by atoms with Crippen molar-refractivity contribution in [1.29, 1.82) is 0 Å². The lowest BCUT2D eigenvalue weighted by Crippen LogP contribution is -2.07. The summed E-state index contributed by atoms with van der Waals surface area (Å²) in [6.07, 6.45) is 3.05. The monoisotopic (exact) mass is 301 g/mol. The number of carbonyl (C=O) groups excluding carboxylic acids is 1. The third-order valence-electron chi connectivity index (χ3n) is 2.74. The van der Waals surface area contributed by atoms with Gasteiger partial charge in [-0.3, -0.25) is 4.79 Å². The van der Waals surface area contributed by atoms with Crippen LogP contribution in [0.2, 0.25) is 0 Å². The van der Waals surface area contributed by atoms with E-state index in [1.165, 1.54) is 24.3 Å². The molecule has 0 fully saturated rings. The summed E-state index contributed by atoms with van der Waals surface area (Å²) in [6.45, 7) is 0.186. The molecule has 0 atom stereocenters. The van der Waals surface area contributed by atoms with Crippen LogP contribution in [0.5, 0.6) is 5.75 Å². The summed E-state index contributed by atoms with van der Waals surface area (Å²) in [5.74, 6) is -0.0399. The largest absolute Gasteiger partial charge is 0.468 e. The molecule has 2 rings (SSSR count). The van der Waals surface area contributed by atoms with E-state index in [-0.39, 0.29) is 12.7 Å². The predicted molar refractivity (Wildman–Crippen MR) is 83.0 cm³/mol. The van der Waals surface area contributed by atoms with Crippen molar-refractivity contribution in [2.24, 2.45) is 0 Å². The lowest BCUT2D eigenvalue weighted by molar-refractivity contribution is -0.111. The summed E-state index contributed by atoms with van der Waals surface area (Å²) >= 11 is 0. The molecule has 0 aliphatic carbocycles. The normalized spacial score (nSPS) is 10.6. The molecular weight excluding hydrogens is 285 g/mol. The summed E-state index contributed by atoms with van der Waals surface area (Å²) in [7, 11) is 1.55. The molecule has 0 bridgehead atoms. The minimum absolute atomic E-state index is 0.186. The van der Waals surface area contributed by atoms with Gasteiger partial charge in [0.05, 0.1) is 0 Å². The van der Waals surface area contributed by atoms with Gasteiger partial charge in [-0.2, -0.15) is 0 Å². The van der Waals surface area contributed by atoms with Gasteiger partial charge in [-0.05, 0) is 42.0 Å². The molecule has 2 aromatic carbocycles. The first kappa shape index (κ1) is 15.7. The minimum Gasteiger partial charge on any atom is -0.468 e. The van der Waals surface area contributed by atoms with Crippen LogP contribution in [0.3, 0.4) is 0 Å². The first-order valence-electron chi connectivity index (χ1n) is 6.64. The summed E-state index contributed by atoms with van der Waals surface area (Å²) in [6, 6.07) is 12.9. The highest BCUT2D eigenvalue weighted by Crippen LogP contribution is 2.13. The summed E-state index contributed by atoms with van der Waals surface area (Å²) in [5.41, 5.74) is 1.26. The molecule has 2 aromatic rings. The summed E-state index contributed by atoms with van der Waals surface area (Å²) < 4.78 is 23.1. The zero-order valence-corrected chi connectivity index (χ0v) is 12.1. The van der Waals surface area contributed by atoms with Crippen molar-refractivity contribution < 1.29 is 18.7 Å². The summed E-state index contributed by atoms with van der Waals surface area (Å²) in [4.78, 5) is 11.7. The molecule has 0 saturated carbocycles. The maximum atomic E-state index is 13.0. The number of hydrogen-bond donors (Lipinski definition) is 1. The molecule has 1 N–H and O–H groups in total. The van der Waals surface area contributed by atoms with E-state index in [4.69, 9.17) is 9.47 Å². The lowest BCUT2D eigenvalue weighted by Gasteiger charge is -2.04. The van der Waals surface area contributed by atoms with Gasteiger partial charge in [0.1, 0.15) is 11.6 Å². The Morgan fingerprint density at radius 2 is 2.00 bits per heavy atom. The highest BCUT2D eigenvalue weighted by Gasteiger charge is 1.99. The molecule has 5 heteroatoms. The van der Waals surface area contributed by atoms with Crippen molar-refractivity contribution in [3.63, 3.8) is 0 Å². The van der Waals surface area contributed by atoms with E-state index in [0.29, 0.717) is 11.4 Å². The second kappa shape index (κ2) is 7.95. The molecule has 0 heterocycles. The average Bonchev–Trinajstić information content (AvgIpc) is 2.52. The van der Waals surface area contributed by atoms with Crippen LogP contribution in [0.4, 0.5) is 10.1 Å². The number of benzene rings is 2. The third kappa shape index (κ3) is 5.03. The molecular formula is C17H16FNO3. The third-order valence-corrected chi connectivity index (χ3v) is 2.74. The topological polar surface area (TPSA) is 47.6 Å². The number of halogens is 1. The highest BCUT2D eigenvalue weighted by molar-refractivity contribution is 6.01. The smallest absolute Gasteiger partial charge is 0.248 e. The Bertz CT molecular complexity index is 653. The number of carbonyl (C=O) groups is 1. The fraction of sp³-hybridized carbons (Fsp3) is 0.118. The van der Waals surface area contributed by atoms with E-state index in [9.17, 15) is 9.18 Å². The van der Waals surface area contributed by atoms with Crippen molar-refractivity contribution in [1.82, 2.24) is 0 Å². The van der Waals surface area contributed by atoms with Crippen LogP contribution >= 0.6 is 0 Å². The van der Waals surface area contributed by atoms with Gasteiger partial charge >= 0.3 is 0 Å². The predicted octanol–water partition coefficient (Wildman–Crippen LogP) is 3.46. The Balaban J connectivity index is 1.92. The Morgan fingerprint density at radius 3 is 2.68 bits per heavy atom. The van der Waals surface area contributed by atoms with Crippen LogP contribution in [-0.4, -0.2) is 19.8 Å². The average molecular weight is 301 g/mol. The highest BCUT2D eigenvalue weighted by atomic mass is 19.1. The number of nitrogens with one attached hydrogen (secondary N) is 1. The Kier molecular flexibility index (Phi) is 5.68. The van der Waals surface area contributed by atoms with Crippen LogP contribution in [-0.2, 0) is 9.53 Å². The van der Waals surface area contributed by atoms with Crippen molar-refractivity contribution in [3.8, 4) is 5.75 Å². The van der Waals surface area contributed by atoms with Crippen LogP contribution in [0.25, 0.3) is 6.08 Å². The molecule has 22 heavy (non-hydrogen) atoms. The number of amides is 1. The van der Waals surface area contributed by atoms with Gasteiger partial charge < -0.3 is 14.8 Å². The SMILES string of the molecule is COCOc1ccc(/C=C/C(=O)Nc2cccc(F)c2)cc1. The van der Waals surface area contributed by atoms with Gasteiger partial charge in [0.25, 0.3) is 0 Å². The van der Waals surface area contributed by atoms with Crippen molar-refractivity contribution in [3.05, 3.63) is 66.0 Å². The van der Waals surface area contributed by atoms with Gasteiger partial charge in [-0.25, -0.2) is 4.39 Å². The Labute approximate surface area is 128 Å². The molecule has 0 aliphatic heterocycles. The van der Waals surface area contributed by atoms with Crippen LogP contribution < -0.4 is 10.1 Å². The second-order valence-electron chi connectivity index (χ2n) is 4.45. The van der Waals surface area contributed by atoms with Crippen LogP contribution in [0.1, 0.15) is 5.56 Å². The number of hydrogen-bond acceptors (Lipinski definition) is 3. The van der Waals surface area contributed by atoms with E-state index in [0.717, 1.165) is 5.56 Å². The van der Waals surface area contributed by atoms with Crippen molar-refractivity contribution in [2.45, 2.75) is 0 Å². The van der Waals surface area contributed by atoms with Gasteiger partial charge in [-0.15, -0.1) is 0 Å². The summed E-state index contributed by atoms with van der Waals surface area (Å²) in [5, 5.41) is 2.59. The van der Waals surface area contributed by atoms with Crippen LogP contribution in [0.15, 0.2) is 54.6 Å².